The standard InChI is InChI=1S/C23H19ClO5/c1-27-19-11-12-20(22(13-19)28-2)21(25)14-29-18-9-5-16(6-10-18)23(26)15-3-7-17(24)8-4-15/h3-13H,14H2,1-2H3. The second kappa shape index (κ2) is 9.26. The molecule has 0 radical (unpaired) electrons. The van der Waals surface area contributed by atoms with Crippen LogP contribution in [0.15, 0.2) is 66.7 Å². The lowest BCUT2D eigenvalue weighted by Gasteiger charge is -2.11. The van der Waals surface area contributed by atoms with Crippen LogP contribution in [0.25, 0.3) is 0 Å². The Morgan fingerprint density at radius 3 is 1.97 bits per heavy atom. The first-order valence-corrected chi connectivity index (χ1v) is 9.18. The van der Waals surface area contributed by atoms with E-state index >= 15 is 0 Å². The summed E-state index contributed by atoms with van der Waals surface area (Å²) < 4.78 is 16.0. The zero-order valence-electron chi connectivity index (χ0n) is 16.0. The third-order valence-corrected chi connectivity index (χ3v) is 4.55. The lowest BCUT2D eigenvalue weighted by molar-refractivity contribution is 0.0917. The van der Waals surface area contributed by atoms with Gasteiger partial charge in [-0.15, -0.1) is 0 Å². The van der Waals surface area contributed by atoms with Gasteiger partial charge in [-0.1, -0.05) is 11.6 Å². The number of halogens is 1. The molecule has 0 amide bonds. The fourth-order valence-corrected chi connectivity index (χ4v) is 2.85. The van der Waals surface area contributed by atoms with Crippen molar-refractivity contribution in [2.45, 2.75) is 0 Å². The van der Waals surface area contributed by atoms with Gasteiger partial charge in [0.05, 0.1) is 19.8 Å². The van der Waals surface area contributed by atoms with Crippen molar-refractivity contribution >= 4 is 23.2 Å². The highest BCUT2D eigenvalue weighted by atomic mass is 35.5. The smallest absolute Gasteiger partial charge is 0.203 e. The van der Waals surface area contributed by atoms with E-state index in [-0.39, 0.29) is 18.2 Å². The van der Waals surface area contributed by atoms with E-state index in [1.807, 2.05) is 0 Å². The van der Waals surface area contributed by atoms with Crippen molar-refractivity contribution in [3.8, 4) is 17.2 Å². The molecule has 0 aliphatic heterocycles. The van der Waals surface area contributed by atoms with Crippen LogP contribution in [0.4, 0.5) is 0 Å². The minimum atomic E-state index is -0.231. The van der Waals surface area contributed by atoms with Crippen molar-refractivity contribution in [3.05, 3.63) is 88.4 Å². The Kier molecular flexibility index (Phi) is 6.52. The van der Waals surface area contributed by atoms with E-state index in [0.717, 1.165) is 0 Å². The first-order chi connectivity index (χ1) is 14.0. The summed E-state index contributed by atoms with van der Waals surface area (Å²) in [7, 11) is 3.03. The van der Waals surface area contributed by atoms with Crippen LogP contribution in [0.2, 0.25) is 5.02 Å². The first kappa shape index (κ1) is 20.4. The van der Waals surface area contributed by atoms with Gasteiger partial charge in [-0.05, 0) is 60.7 Å². The minimum Gasteiger partial charge on any atom is -0.497 e. The number of rotatable bonds is 8. The Labute approximate surface area is 173 Å². The highest BCUT2D eigenvalue weighted by Crippen LogP contribution is 2.25. The zero-order valence-corrected chi connectivity index (χ0v) is 16.7. The third kappa shape index (κ3) is 4.95. The van der Waals surface area contributed by atoms with Crippen molar-refractivity contribution in [1.82, 2.24) is 0 Å². The van der Waals surface area contributed by atoms with E-state index in [4.69, 9.17) is 25.8 Å². The van der Waals surface area contributed by atoms with Gasteiger partial charge >= 0.3 is 0 Å². The second-order valence-corrected chi connectivity index (χ2v) is 6.57. The molecule has 0 spiro atoms. The van der Waals surface area contributed by atoms with E-state index in [1.54, 1.807) is 73.8 Å². The molecular formula is C23H19ClO5. The molecule has 0 N–H and O–H groups in total. The molecule has 0 heterocycles. The Morgan fingerprint density at radius 1 is 0.793 bits per heavy atom. The van der Waals surface area contributed by atoms with Crippen LogP contribution in [0.5, 0.6) is 17.2 Å². The average Bonchev–Trinajstić information content (AvgIpc) is 2.77. The first-order valence-electron chi connectivity index (χ1n) is 8.80. The summed E-state index contributed by atoms with van der Waals surface area (Å²) >= 11 is 5.85. The normalized spacial score (nSPS) is 10.3. The zero-order chi connectivity index (χ0) is 20.8. The predicted molar refractivity (Wildman–Crippen MR) is 111 cm³/mol. The summed E-state index contributed by atoms with van der Waals surface area (Å²) in [6.45, 7) is -0.160. The van der Waals surface area contributed by atoms with Gasteiger partial charge in [0.15, 0.2) is 12.4 Å². The van der Waals surface area contributed by atoms with E-state index < -0.39 is 0 Å². The third-order valence-electron chi connectivity index (χ3n) is 4.30. The average molecular weight is 411 g/mol. The fraction of sp³-hybridized carbons (Fsp3) is 0.130. The molecule has 6 heteroatoms. The quantitative estimate of drug-likeness (QED) is 0.497. The number of ketones is 2. The number of carbonyl (C=O) groups excluding carboxylic acids is 2. The summed E-state index contributed by atoms with van der Waals surface area (Å²) in [4.78, 5) is 25.0. The van der Waals surface area contributed by atoms with Crippen LogP contribution in [0, 0.1) is 0 Å². The number of ether oxygens (including phenoxy) is 3. The highest BCUT2D eigenvalue weighted by Gasteiger charge is 2.15. The maximum Gasteiger partial charge on any atom is 0.203 e. The predicted octanol–water partition coefficient (Wildman–Crippen LogP) is 4.85. The Hall–Kier alpha value is -3.31. The summed E-state index contributed by atoms with van der Waals surface area (Å²) in [5.74, 6) is 1.15. The molecule has 29 heavy (non-hydrogen) atoms. The molecule has 3 aromatic rings. The van der Waals surface area contributed by atoms with Crippen molar-refractivity contribution in [1.29, 1.82) is 0 Å². The van der Waals surface area contributed by atoms with Crippen LogP contribution in [0.3, 0.4) is 0 Å². The topological polar surface area (TPSA) is 61.8 Å². The highest BCUT2D eigenvalue weighted by molar-refractivity contribution is 6.30. The number of hydrogen-bond donors (Lipinski definition) is 0. The Morgan fingerprint density at radius 2 is 1.38 bits per heavy atom. The van der Waals surface area contributed by atoms with Gasteiger partial charge in [0.1, 0.15) is 17.2 Å². The largest absolute Gasteiger partial charge is 0.497 e. The number of carbonyl (C=O) groups is 2. The molecule has 3 aromatic carbocycles. The molecule has 0 bridgehead atoms. The van der Waals surface area contributed by atoms with E-state index in [2.05, 4.69) is 0 Å². The lowest BCUT2D eigenvalue weighted by Crippen LogP contribution is -2.13. The summed E-state index contributed by atoms with van der Waals surface area (Å²) in [6, 6.07) is 18.3. The van der Waals surface area contributed by atoms with Crippen LogP contribution in [-0.4, -0.2) is 32.4 Å². The summed E-state index contributed by atoms with van der Waals surface area (Å²) in [6.07, 6.45) is 0. The molecule has 3 rings (SSSR count). The van der Waals surface area contributed by atoms with Gasteiger partial charge in [0, 0.05) is 22.2 Å². The van der Waals surface area contributed by atoms with E-state index in [0.29, 0.717) is 39.0 Å². The van der Waals surface area contributed by atoms with Crippen LogP contribution >= 0.6 is 11.6 Å². The Bertz CT molecular complexity index is 1010. The summed E-state index contributed by atoms with van der Waals surface area (Å²) in [5.41, 5.74) is 1.47. The van der Waals surface area contributed by atoms with Crippen LogP contribution in [0.1, 0.15) is 26.3 Å². The monoisotopic (exact) mass is 410 g/mol. The van der Waals surface area contributed by atoms with Crippen LogP contribution < -0.4 is 14.2 Å². The molecule has 148 valence electrons. The maximum atomic E-state index is 12.5. The molecule has 0 atom stereocenters. The molecule has 0 fully saturated rings. The molecule has 0 aliphatic carbocycles. The summed E-state index contributed by atoms with van der Waals surface area (Å²) in [5, 5.41) is 0.573. The van der Waals surface area contributed by atoms with E-state index in [1.165, 1.54) is 7.11 Å². The molecular weight excluding hydrogens is 392 g/mol. The van der Waals surface area contributed by atoms with Crippen molar-refractivity contribution in [2.75, 3.05) is 20.8 Å². The SMILES string of the molecule is COc1ccc(C(=O)COc2ccc(C(=O)c3ccc(Cl)cc3)cc2)c(OC)c1. The van der Waals surface area contributed by atoms with Gasteiger partial charge in [-0.2, -0.15) is 0 Å². The molecule has 0 saturated heterocycles. The Balaban J connectivity index is 1.65. The lowest BCUT2D eigenvalue weighted by atomic mass is 10.0. The maximum absolute atomic E-state index is 12.5. The molecule has 0 aromatic heterocycles. The number of Topliss-reactive ketones (excluding diaryl/α,β-unsaturated/α-hetero) is 1. The van der Waals surface area contributed by atoms with Crippen molar-refractivity contribution < 1.29 is 23.8 Å². The van der Waals surface area contributed by atoms with Gasteiger partial charge in [0.2, 0.25) is 5.78 Å². The van der Waals surface area contributed by atoms with Gasteiger partial charge in [0.25, 0.3) is 0 Å². The fourth-order valence-electron chi connectivity index (χ4n) is 2.73. The van der Waals surface area contributed by atoms with Gasteiger partial charge < -0.3 is 14.2 Å². The molecule has 0 unspecified atom stereocenters. The molecule has 0 aliphatic rings. The number of methoxy groups -OCH3 is 2. The van der Waals surface area contributed by atoms with Gasteiger partial charge in [-0.3, -0.25) is 9.59 Å². The second-order valence-electron chi connectivity index (χ2n) is 6.14. The van der Waals surface area contributed by atoms with Crippen molar-refractivity contribution in [2.24, 2.45) is 0 Å². The van der Waals surface area contributed by atoms with Crippen molar-refractivity contribution in [3.63, 3.8) is 0 Å². The number of benzene rings is 3. The molecule has 5 nitrogen and oxygen atoms in total. The molecule has 0 saturated carbocycles. The van der Waals surface area contributed by atoms with Gasteiger partial charge in [-0.25, -0.2) is 0 Å². The van der Waals surface area contributed by atoms with Crippen LogP contribution in [-0.2, 0) is 0 Å². The minimum absolute atomic E-state index is 0.118. The number of hydrogen-bond acceptors (Lipinski definition) is 5. The van der Waals surface area contributed by atoms with E-state index in [9.17, 15) is 9.59 Å².